The lowest BCUT2D eigenvalue weighted by molar-refractivity contribution is -0.116. The second-order valence-corrected chi connectivity index (χ2v) is 9.62. The highest BCUT2D eigenvalue weighted by Crippen LogP contribution is 2.27. The van der Waals surface area contributed by atoms with Gasteiger partial charge in [0.1, 0.15) is 11.6 Å². The first-order chi connectivity index (χ1) is 14.8. The van der Waals surface area contributed by atoms with Gasteiger partial charge in [-0.05, 0) is 61.2 Å². The van der Waals surface area contributed by atoms with Gasteiger partial charge in [0.05, 0.1) is 10.5 Å². The molecule has 31 heavy (non-hydrogen) atoms. The van der Waals surface area contributed by atoms with Crippen molar-refractivity contribution in [1.29, 1.82) is 0 Å². The second kappa shape index (κ2) is 8.76. The molecule has 164 valence electrons. The van der Waals surface area contributed by atoms with Crippen molar-refractivity contribution in [2.75, 3.05) is 25.0 Å². The average Bonchev–Trinajstić information content (AvgIpc) is 2.78. The minimum absolute atomic E-state index is 0.0980. The molecule has 7 nitrogen and oxygen atoms in total. The monoisotopic (exact) mass is 446 g/mol. The van der Waals surface area contributed by atoms with Crippen LogP contribution in [0.3, 0.4) is 0 Å². The van der Waals surface area contributed by atoms with Crippen molar-refractivity contribution in [3.8, 4) is 5.75 Å². The summed E-state index contributed by atoms with van der Waals surface area (Å²) in [4.78, 5) is 24.1. The molecule has 1 amide bonds. The third-order valence-electron chi connectivity index (χ3n) is 5.54. The summed E-state index contributed by atoms with van der Waals surface area (Å²) in [5.41, 5.74) is 0.993. The summed E-state index contributed by atoms with van der Waals surface area (Å²) in [7, 11) is -3.54. The number of hydrogen-bond acceptors (Lipinski definition) is 5. The number of rotatable bonds is 6. The van der Waals surface area contributed by atoms with E-state index in [4.69, 9.17) is 4.74 Å². The number of carbonyl (C=O) groups is 2. The minimum atomic E-state index is -3.54. The van der Waals surface area contributed by atoms with E-state index in [0.29, 0.717) is 36.5 Å². The van der Waals surface area contributed by atoms with Gasteiger partial charge in [-0.15, -0.1) is 0 Å². The normalized spacial score (nSPS) is 17.0. The van der Waals surface area contributed by atoms with Crippen LogP contribution in [0.2, 0.25) is 0 Å². The van der Waals surface area contributed by atoms with Gasteiger partial charge in [-0.25, -0.2) is 12.8 Å². The maximum Gasteiger partial charge on any atom is 0.243 e. The number of benzene rings is 2. The number of fused-ring (bicyclic) bond motifs is 1. The van der Waals surface area contributed by atoms with E-state index in [1.54, 1.807) is 0 Å². The van der Waals surface area contributed by atoms with Gasteiger partial charge >= 0.3 is 0 Å². The highest BCUT2D eigenvalue weighted by atomic mass is 32.2. The number of halogens is 1. The van der Waals surface area contributed by atoms with Crippen LogP contribution in [0.4, 0.5) is 10.1 Å². The largest absolute Gasteiger partial charge is 0.485 e. The van der Waals surface area contributed by atoms with Gasteiger partial charge in [-0.1, -0.05) is 6.42 Å². The first-order valence-electron chi connectivity index (χ1n) is 10.2. The maximum absolute atomic E-state index is 14.3. The lowest BCUT2D eigenvalue weighted by Gasteiger charge is -2.25. The quantitative estimate of drug-likeness (QED) is 0.688. The van der Waals surface area contributed by atoms with E-state index in [1.165, 1.54) is 34.6 Å². The van der Waals surface area contributed by atoms with Gasteiger partial charge in [0, 0.05) is 25.2 Å². The van der Waals surface area contributed by atoms with E-state index >= 15 is 0 Å². The van der Waals surface area contributed by atoms with Gasteiger partial charge in [0.2, 0.25) is 21.7 Å². The van der Waals surface area contributed by atoms with Crippen molar-refractivity contribution in [2.24, 2.45) is 0 Å². The van der Waals surface area contributed by atoms with Crippen LogP contribution >= 0.6 is 0 Å². The van der Waals surface area contributed by atoms with Crippen LogP contribution in [0, 0.1) is 5.82 Å². The van der Waals surface area contributed by atoms with E-state index in [-0.39, 0.29) is 29.4 Å². The van der Waals surface area contributed by atoms with E-state index in [1.807, 2.05) is 0 Å². The number of ether oxygens (including phenoxy) is 1. The zero-order valence-corrected chi connectivity index (χ0v) is 17.7. The summed E-state index contributed by atoms with van der Waals surface area (Å²) in [6.07, 6.45) is 3.47. The van der Waals surface area contributed by atoms with Gasteiger partial charge in [0.15, 0.2) is 6.61 Å². The highest BCUT2D eigenvalue weighted by Gasteiger charge is 2.26. The molecule has 2 heterocycles. The Morgan fingerprint density at radius 1 is 1.06 bits per heavy atom. The number of ketones is 1. The molecule has 0 radical (unpaired) electrons. The molecule has 0 bridgehead atoms. The smallest absolute Gasteiger partial charge is 0.243 e. The van der Waals surface area contributed by atoms with Crippen LogP contribution in [0.15, 0.2) is 41.3 Å². The number of carbonyl (C=O) groups excluding carboxylic acids is 2. The third-order valence-corrected chi connectivity index (χ3v) is 7.45. The van der Waals surface area contributed by atoms with Crippen molar-refractivity contribution >= 4 is 27.4 Å². The summed E-state index contributed by atoms with van der Waals surface area (Å²) < 4.78 is 46.7. The summed E-state index contributed by atoms with van der Waals surface area (Å²) in [5.74, 6) is -1.13. The fraction of sp³-hybridized carbons (Fsp3) is 0.364. The Hall–Kier alpha value is -2.78. The Morgan fingerprint density at radius 2 is 1.77 bits per heavy atom. The molecule has 0 saturated carbocycles. The molecule has 0 aromatic heterocycles. The molecule has 1 N–H and O–H groups in total. The van der Waals surface area contributed by atoms with Gasteiger partial charge in [0.25, 0.3) is 0 Å². The molecule has 0 aliphatic carbocycles. The summed E-state index contributed by atoms with van der Waals surface area (Å²) in [6.45, 7) is 0.649. The average molecular weight is 447 g/mol. The molecule has 2 aromatic carbocycles. The van der Waals surface area contributed by atoms with Crippen molar-refractivity contribution in [3.05, 3.63) is 53.3 Å². The molecular weight excluding hydrogens is 423 g/mol. The zero-order chi connectivity index (χ0) is 22.0. The third kappa shape index (κ3) is 4.62. The van der Waals surface area contributed by atoms with Crippen LogP contribution in [-0.4, -0.2) is 44.1 Å². The molecule has 4 rings (SSSR count). The molecule has 2 aliphatic heterocycles. The van der Waals surface area contributed by atoms with E-state index in [9.17, 15) is 22.4 Å². The fourth-order valence-electron chi connectivity index (χ4n) is 3.80. The van der Waals surface area contributed by atoms with Crippen LogP contribution in [-0.2, 0) is 21.2 Å². The predicted octanol–water partition coefficient (Wildman–Crippen LogP) is 3.15. The molecule has 0 atom stereocenters. The first-order valence-corrected chi connectivity index (χ1v) is 11.7. The number of Topliss-reactive ketones (excluding diaryl/α,β-unsaturated/α-hetero) is 1. The lowest BCUT2D eigenvalue weighted by Crippen LogP contribution is -2.35. The number of nitrogens with zero attached hydrogens (tertiary/aromatic N) is 1. The number of piperidine rings is 1. The Morgan fingerprint density at radius 3 is 2.48 bits per heavy atom. The lowest BCUT2D eigenvalue weighted by atomic mass is 9.98. The van der Waals surface area contributed by atoms with Crippen molar-refractivity contribution in [1.82, 2.24) is 4.31 Å². The van der Waals surface area contributed by atoms with Crippen molar-refractivity contribution < 1.29 is 27.1 Å². The van der Waals surface area contributed by atoms with E-state index in [0.717, 1.165) is 25.3 Å². The molecule has 0 spiro atoms. The number of hydrogen-bond donors (Lipinski definition) is 1. The van der Waals surface area contributed by atoms with E-state index in [2.05, 4.69) is 5.32 Å². The van der Waals surface area contributed by atoms with Crippen LogP contribution in [0.25, 0.3) is 0 Å². The standard InChI is InChI=1S/C22H23FN2O5S/c23-19-13-20-15(4-9-22(27)24-20)12-18(19)21(26)14-30-16-5-7-17(8-6-16)31(28,29)25-10-2-1-3-11-25/h5-8,12-13H,1-4,9-11,14H2,(H,24,27). The van der Waals surface area contributed by atoms with Gasteiger partial charge in [-0.3, -0.25) is 9.59 Å². The Balaban J connectivity index is 1.41. The number of anilines is 1. The Labute approximate surface area is 180 Å². The Kier molecular flexibility index (Phi) is 6.06. The van der Waals surface area contributed by atoms with E-state index < -0.39 is 21.6 Å². The second-order valence-electron chi connectivity index (χ2n) is 7.69. The number of nitrogens with one attached hydrogen (secondary N) is 1. The Bertz CT molecular complexity index is 1110. The summed E-state index contributed by atoms with van der Waals surface area (Å²) in [5, 5.41) is 2.59. The molecule has 1 saturated heterocycles. The van der Waals surface area contributed by atoms with Gasteiger partial charge in [-0.2, -0.15) is 4.31 Å². The van der Waals surface area contributed by atoms with Gasteiger partial charge < -0.3 is 10.1 Å². The molecule has 1 fully saturated rings. The molecule has 2 aromatic rings. The SMILES string of the molecule is O=C1CCc2cc(C(=O)COc3ccc(S(=O)(=O)N4CCCCC4)cc3)c(F)cc2N1. The molecule has 0 unspecified atom stereocenters. The van der Waals surface area contributed by atoms with Crippen LogP contribution in [0.1, 0.15) is 41.6 Å². The predicted molar refractivity (Wildman–Crippen MR) is 112 cm³/mol. The first kappa shape index (κ1) is 21.5. The van der Waals surface area contributed by atoms with Crippen molar-refractivity contribution in [2.45, 2.75) is 37.0 Å². The summed E-state index contributed by atoms with van der Waals surface area (Å²) in [6, 6.07) is 8.48. The van der Waals surface area contributed by atoms with Crippen LogP contribution < -0.4 is 10.1 Å². The maximum atomic E-state index is 14.3. The molecular formula is C22H23FN2O5S. The minimum Gasteiger partial charge on any atom is -0.485 e. The number of sulfonamides is 1. The molecule has 9 heteroatoms. The number of aryl methyl sites for hydroxylation is 1. The topological polar surface area (TPSA) is 92.8 Å². The van der Waals surface area contributed by atoms with Crippen LogP contribution in [0.5, 0.6) is 5.75 Å². The van der Waals surface area contributed by atoms with Crippen molar-refractivity contribution in [3.63, 3.8) is 0 Å². The highest BCUT2D eigenvalue weighted by molar-refractivity contribution is 7.89. The number of amides is 1. The zero-order valence-electron chi connectivity index (χ0n) is 16.9. The molecule has 2 aliphatic rings. The summed E-state index contributed by atoms with van der Waals surface area (Å²) >= 11 is 0. The fourth-order valence-corrected chi connectivity index (χ4v) is 5.32.